The number of amides is 1. The number of thiophene rings is 1. The molecule has 1 amide bonds. The van der Waals surface area contributed by atoms with Gasteiger partial charge in [0.05, 0.1) is 17.0 Å². The highest BCUT2D eigenvalue weighted by molar-refractivity contribution is 7.99. The van der Waals surface area contributed by atoms with Crippen LogP contribution in [0.3, 0.4) is 0 Å². The van der Waals surface area contributed by atoms with Gasteiger partial charge in [-0.25, -0.2) is 4.98 Å². The van der Waals surface area contributed by atoms with Gasteiger partial charge in [0.1, 0.15) is 4.70 Å². The maximum absolute atomic E-state index is 13.3. The number of hydrogen-bond acceptors (Lipinski definition) is 5. The molecular formula is C25H25N3O2S2. The van der Waals surface area contributed by atoms with E-state index in [1.807, 2.05) is 64.3 Å². The molecule has 0 fully saturated rings. The van der Waals surface area contributed by atoms with Crippen LogP contribution in [0.15, 0.2) is 51.7 Å². The molecule has 0 saturated heterocycles. The Balaban J connectivity index is 1.66. The van der Waals surface area contributed by atoms with E-state index in [1.54, 1.807) is 4.57 Å². The number of hydrogen-bond donors (Lipinski definition) is 1. The Labute approximate surface area is 195 Å². The Hall–Kier alpha value is -2.90. The van der Waals surface area contributed by atoms with Crippen molar-refractivity contribution in [1.82, 2.24) is 9.55 Å². The van der Waals surface area contributed by atoms with Gasteiger partial charge in [-0.05, 0) is 80.5 Å². The normalized spacial score (nSPS) is 11.2. The van der Waals surface area contributed by atoms with Crippen LogP contribution < -0.4 is 10.9 Å². The van der Waals surface area contributed by atoms with Crippen LogP contribution in [-0.2, 0) is 4.79 Å². The summed E-state index contributed by atoms with van der Waals surface area (Å²) in [7, 11) is 0. The highest BCUT2D eigenvalue weighted by Crippen LogP contribution is 2.26. The van der Waals surface area contributed by atoms with Crippen LogP contribution in [-0.4, -0.2) is 21.2 Å². The summed E-state index contributed by atoms with van der Waals surface area (Å²) in [5.74, 6) is 0.0241. The summed E-state index contributed by atoms with van der Waals surface area (Å²) in [6.45, 7) is 10.1. The third-order valence-electron chi connectivity index (χ3n) is 5.47. The van der Waals surface area contributed by atoms with Crippen LogP contribution in [0.25, 0.3) is 15.9 Å². The molecule has 0 atom stereocenters. The first-order chi connectivity index (χ1) is 15.2. The van der Waals surface area contributed by atoms with E-state index < -0.39 is 0 Å². The molecule has 2 heterocycles. The molecule has 4 aromatic rings. The fourth-order valence-corrected chi connectivity index (χ4v) is 5.34. The average molecular weight is 464 g/mol. The summed E-state index contributed by atoms with van der Waals surface area (Å²) < 4.78 is 2.23. The second-order valence-electron chi connectivity index (χ2n) is 8.05. The molecule has 2 aromatic heterocycles. The van der Waals surface area contributed by atoms with Gasteiger partial charge in [0.25, 0.3) is 5.56 Å². The van der Waals surface area contributed by atoms with Crippen molar-refractivity contribution in [2.75, 3.05) is 11.1 Å². The van der Waals surface area contributed by atoms with Gasteiger partial charge in [0.15, 0.2) is 5.16 Å². The van der Waals surface area contributed by atoms with E-state index in [4.69, 9.17) is 4.98 Å². The summed E-state index contributed by atoms with van der Waals surface area (Å²) in [5, 5.41) is 5.41. The van der Waals surface area contributed by atoms with Gasteiger partial charge in [0.2, 0.25) is 5.91 Å². The first kappa shape index (κ1) is 22.3. The zero-order valence-electron chi connectivity index (χ0n) is 18.8. The summed E-state index contributed by atoms with van der Waals surface area (Å²) >= 11 is 2.66. The number of benzene rings is 2. The minimum absolute atomic E-state index is 0.110. The Morgan fingerprint density at radius 1 is 1.00 bits per heavy atom. The largest absolute Gasteiger partial charge is 0.325 e. The zero-order chi connectivity index (χ0) is 23.0. The Morgan fingerprint density at radius 2 is 1.72 bits per heavy atom. The molecule has 0 aliphatic rings. The van der Waals surface area contributed by atoms with Crippen molar-refractivity contribution in [3.63, 3.8) is 0 Å². The van der Waals surface area contributed by atoms with Crippen molar-refractivity contribution in [1.29, 1.82) is 0 Å². The van der Waals surface area contributed by atoms with Gasteiger partial charge in [-0.3, -0.25) is 14.2 Å². The zero-order valence-corrected chi connectivity index (χ0v) is 20.4. The number of carbonyl (C=O) groups is 1. The molecule has 0 spiro atoms. The smallest absolute Gasteiger partial charge is 0.276 e. The first-order valence-electron chi connectivity index (χ1n) is 10.3. The van der Waals surface area contributed by atoms with E-state index in [9.17, 15) is 9.59 Å². The van der Waals surface area contributed by atoms with Crippen molar-refractivity contribution < 1.29 is 4.79 Å². The number of nitrogens with one attached hydrogen (secondary N) is 1. The quantitative estimate of drug-likeness (QED) is 0.304. The molecule has 5 nitrogen and oxygen atoms in total. The number of rotatable bonds is 5. The molecule has 0 aliphatic heterocycles. The van der Waals surface area contributed by atoms with Crippen LogP contribution in [0.4, 0.5) is 5.69 Å². The van der Waals surface area contributed by atoms with E-state index in [0.717, 1.165) is 39.2 Å². The van der Waals surface area contributed by atoms with Gasteiger partial charge in [-0.2, -0.15) is 0 Å². The molecule has 1 N–H and O–H groups in total. The lowest BCUT2D eigenvalue weighted by molar-refractivity contribution is -0.113. The predicted octanol–water partition coefficient (Wildman–Crippen LogP) is 5.72. The molecular weight excluding hydrogens is 438 g/mol. The standard InChI is InChI=1S/C25H25N3O2S2/c1-14-10-17(4)22(18(5)11-14)27-21(29)13-32-25-26-20-8-9-31-23(20)24(30)28(25)19-7-6-15(2)16(3)12-19/h6-12H,13H2,1-5H3,(H,27,29). The number of thioether (sulfide) groups is 1. The number of aromatic nitrogens is 2. The molecule has 164 valence electrons. The highest BCUT2D eigenvalue weighted by Gasteiger charge is 2.17. The van der Waals surface area contributed by atoms with Crippen molar-refractivity contribution in [3.8, 4) is 5.69 Å². The fourth-order valence-electron chi connectivity index (χ4n) is 3.76. The van der Waals surface area contributed by atoms with Crippen LogP contribution in [0.5, 0.6) is 0 Å². The maximum atomic E-state index is 13.3. The van der Waals surface area contributed by atoms with Crippen molar-refractivity contribution in [2.24, 2.45) is 0 Å². The summed E-state index contributed by atoms with van der Waals surface area (Å²) in [6.07, 6.45) is 0. The number of nitrogens with zero attached hydrogens (tertiary/aromatic N) is 2. The number of aryl methyl sites for hydroxylation is 5. The highest BCUT2D eigenvalue weighted by atomic mass is 32.2. The molecule has 0 aliphatic carbocycles. The first-order valence-corrected chi connectivity index (χ1v) is 12.2. The second-order valence-corrected chi connectivity index (χ2v) is 9.91. The van der Waals surface area contributed by atoms with E-state index in [-0.39, 0.29) is 17.2 Å². The van der Waals surface area contributed by atoms with E-state index >= 15 is 0 Å². The summed E-state index contributed by atoms with van der Waals surface area (Å²) in [4.78, 5) is 30.8. The van der Waals surface area contributed by atoms with Crippen molar-refractivity contribution >= 4 is 44.9 Å². The number of anilines is 1. The molecule has 7 heteroatoms. The molecule has 2 aromatic carbocycles. The van der Waals surface area contributed by atoms with Gasteiger partial charge in [-0.15, -0.1) is 11.3 Å². The van der Waals surface area contributed by atoms with E-state index in [0.29, 0.717) is 15.4 Å². The van der Waals surface area contributed by atoms with Gasteiger partial charge in [-0.1, -0.05) is 35.5 Å². The number of fused-ring (bicyclic) bond motifs is 1. The lowest BCUT2D eigenvalue weighted by atomic mass is 10.1. The van der Waals surface area contributed by atoms with Crippen molar-refractivity contribution in [2.45, 2.75) is 39.8 Å². The lowest BCUT2D eigenvalue weighted by Crippen LogP contribution is -2.22. The van der Waals surface area contributed by atoms with Gasteiger partial charge in [0, 0.05) is 5.69 Å². The molecule has 0 bridgehead atoms. The van der Waals surface area contributed by atoms with Crippen molar-refractivity contribution in [3.05, 3.63) is 79.9 Å². The van der Waals surface area contributed by atoms with E-state index in [1.165, 1.54) is 23.1 Å². The van der Waals surface area contributed by atoms with Crippen LogP contribution in [0.1, 0.15) is 27.8 Å². The monoisotopic (exact) mass is 463 g/mol. The van der Waals surface area contributed by atoms with Gasteiger partial charge < -0.3 is 5.32 Å². The third-order valence-corrected chi connectivity index (χ3v) is 7.30. The Kier molecular flexibility index (Phi) is 6.22. The minimum Gasteiger partial charge on any atom is -0.325 e. The molecule has 0 saturated carbocycles. The van der Waals surface area contributed by atoms with Crippen LogP contribution in [0.2, 0.25) is 0 Å². The summed E-state index contributed by atoms with van der Waals surface area (Å²) in [6, 6.07) is 11.9. The summed E-state index contributed by atoms with van der Waals surface area (Å²) in [5.41, 5.74) is 7.64. The molecule has 4 rings (SSSR count). The molecule has 0 radical (unpaired) electrons. The van der Waals surface area contributed by atoms with Crippen LogP contribution in [0, 0.1) is 34.6 Å². The molecule has 0 unspecified atom stereocenters. The Bertz CT molecular complexity index is 1380. The van der Waals surface area contributed by atoms with Crippen LogP contribution >= 0.6 is 23.1 Å². The average Bonchev–Trinajstić information content (AvgIpc) is 3.20. The maximum Gasteiger partial charge on any atom is 0.276 e. The topological polar surface area (TPSA) is 64.0 Å². The predicted molar refractivity (Wildman–Crippen MR) is 135 cm³/mol. The molecule has 32 heavy (non-hydrogen) atoms. The fraction of sp³-hybridized carbons (Fsp3) is 0.240. The van der Waals surface area contributed by atoms with Gasteiger partial charge >= 0.3 is 0 Å². The Morgan fingerprint density at radius 3 is 2.41 bits per heavy atom. The third kappa shape index (κ3) is 4.36. The second kappa shape index (κ2) is 8.92. The SMILES string of the molecule is Cc1cc(C)c(NC(=O)CSc2nc3ccsc3c(=O)n2-c2ccc(C)c(C)c2)c(C)c1. The number of carbonyl (C=O) groups excluding carboxylic acids is 1. The lowest BCUT2D eigenvalue weighted by Gasteiger charge is -2.15. The minimum atomic E-state index is -0.128. The van der Waals surface area contributed by atoms with E-state index in [2.05, 4.69) is 17.4 Å².